The maximum atomic E-state index is 13.8. The fourth-order valence-electron chi connectivity index (χ4n) is 1.62. The molecule has 84 valence electrons. The van der Waals surface area contributed by atoms with Crippen molar-refractivity contribution < 1.29 is 13.9 Å². The molecule has 0 aromatic rings. The minimum atomic E-state index is -1.42. The number of hydrogen-bond acceptors (Lipinski definition) is 3. The van der Waals surface area contributed by atoms with E-state index >= 15 is 0 Å². The summed E-state index contributed by atoms with van der Waals surface area (Å²) in [6.45, 7) is 2.72. The molecule has 0 aliphatic carbocycles. The molecule has 1 rings (SSSR count). The van der Waals surface area contributed by atoms with Crippen molar-refractivity contribution in [1.29, 1.82) is 5.26 Å². The first-order valence-electron chi connectivity index (χ1n) is 5.09. The van der Waals surface area contributed by atoms with E-state index in [0.29, 0.717) is 19.7 Å². The average molecular weight is 214 g/mol. The Bertz CT molecular complexity index is 267. The van der Waals surface area contributed by atoms with E-state index in [1.165, 1.54) is 4.90 Å². The van der Waals surface area contributed by atoms with Crippen molar-refractivity contribution in [2.45, 2.75) is 31.9 Å². The quantitative estimate of drug-likeness (QED) is 0.705. The zero-order valence-electron chi connectivity index (χ0n) is 8.83. The number of carbonyl (C=O) groups excluding carboxylic acids is 1. The molecule has 0 saturated carbocycles. The number of rotatable bonds is 2. The summed E-state index contributed by atoms with van der Waals surface area (Å²) < 4.78 is 18.6. The molecule has 0 spiro atoms. The average Bonchev–Trinajstić information content (AvgIpc) is 2.19. The van der Waals surface area contributed by atoms with Crippen LogP contribution in [0.1, 0.15) is 26.2 Å². The molecule has 0 unspecified atom stereocenters. The molecule has 1 saturated heterocycles. The first-order valence-corrected chi connectivity index (χ1v) is 5.09. The zero-order chi connectivity index (χ0) is 11.3. The first-order chi connectivity index (χ1) is 7.11. The van der Waals surface area contributed by atoms with E-state index in [2.05, 4.69) is 0 Å². The number of hydrogen-bond donors (Lipinski definition) is 0. The smallest absolute Gasteiger partial charge is 0.409 e. The van der Waals surface area contributed by atoms with Gasteiger partial charge >= 0.3 is 6.09 Å². The molecule has 5 heteroatoms. The van der Waals surface area contributed by atoms with Crippen LogP contribution in [0.4, 0.5) is 9.18 Å². The van der Waals surface area contributed by atoms with Crippen LogP contribution in [-0.2, 0) is 4.74 Å². The number of ether oxygens (including phenoxy) is 1. The Labute approximate surface area is 88.6 Å². The van der Waals surface area contributed by atoms with Gasteiger partial charge in [0.2, 0.25) is 0 Å². The van der Waals surface area contributed by atoms with Gasteiger partial charge in [-0.05, 0) is 6.92 Å². The van der Waals surface area contributed by atoms with E-state index in [1.54, 1.807) is 6.92 Å². The van der Waals surface area contributed by atoms with Crippen molar-refractivity contribution >= 4 is 6.09 Å². The number of carbonyl (C=O) groups is 1. The standard InChI is InChI=1S/C10H15FN2O2/c1-2-15-9(14)13-7-4-10(11,3-6-12)5-8-13/h2-5,7-8H2,1H3. The molecule has 0 aromatic heterocycles. The molecule has 1 amide bonds. The van der Waals surface area contributed by atoms with Gasteiger partial charge in [-0.15, -0.1) is 0 Å². The summed E-state index contributed by atoms with van der Waals surface area (Å²) in [5.41, 5.74) is -1.42. The van der Waals surface area contributed by atoms with Crippen LogP contribution in [0.2, 0.25) is 0 Å². The number of likely N-dealkylation sites (tertiary alicyclic amines) is 1. The summed E-state index contributed by atoms with van der Waals surface area (Å²) >= 11 is 0. The van der Waals surface area contributed by atoms with Crippen LogP contribution in [0, 0.1) is 11.3 Å². The Morgan fingerprint density at radius 2 is 2.20 bits per heavy atom. The lowest BCUT2D eigenvalue weighted by Gasteiger charge is -2.34. The fraction of sp³-hybridized carbons (Fsp3) is 0.800. The Hall–Kier alpha value is -1.31. The lowest BCUT2D eigenvalue weighted by atomic mass is 9.91. The highest BCUT2D eigenvalue weighted by molar-refractivity contribution is 5.67. The maximum absolute atomic E-state index is 13.8. The van der Waals surface area contributed by atoms with E-state index in [4.69, 9.17) is 10.00 Å². The van der Waals surface area contributed by atoms with Gasteiger partial charge < -0.3 is 9.64 Å². The number of halogens is 1. The Morgan fingerprint density at radius 1 is 1.60 bits per heavy atom. The van der Waals surface area contributed by atoms with Gasteiger partial charge in [0, 0.05) is 25.9 Å². The minimum absolute atomic E-state index is 0.0936. The summed E-state index contributed by atoms with van der Waals surface area (Å²) in [5.74, 6) is 0. The second-order valence-electron chi connectivity index (χ2n) is 3.67. The van der Waals surface area contributed by atoms with Gasteiger partial charge in [-0.2, -0.15) is 5.26 Å². The zero-order valence-corrected chi connectivity index (χ0v) is 8.83. The molecule has 0 atom stereocenters. The van der Waals surface area contributed by atoms with Gasteiger partial charge in [-0.25, -0.2) is 9.18 Å². The van der Waals surface area contributed by atoms with Gasteiger partial charge in [-0.3, -0.25) is 0 Å². The number of alkyl halides is 1. The number of nitriles is 1. The fourth-order valence-corrected chi connectivity index (χ4v) is 1.62. The topological polar surface area (TPSA) is 53.3 Å². The van der Waals surface area contributed by atoms with E-state index in [-0.39, 0.29) is 19.3 Å². The second-order valence-corrected chi connectivity index (χ2v) is 3.67. The van der Waals surface area contributed by atoms with Gasteiger partial charge in [-0.1, -0.05) is 0 Å². The molecule has 1 fully saturated rings. The van der Waals surface area contributed by atoms with E-state index in [9.17, 15) is 9.18 Å². The SMILES string of the molecule is CCOC(=O)N1CCC(F)(CC#N)CC1. The predicted octanol–water partition coefficient (Wildman–Crippen LogP) is 1.86. The molecule has 0 N–H and O–H groups in total. The molecule has 0 bridgehead atoms. The Balaban J connectivity index is 2.42. The predicted molar refractivity (Wildman–Crippen MR) is 51.9 cm³/mol. The summed E-state index contributed by atoms with van der Waals surface area (Å²) in [4.78, 5) is 12.8. The highest BCUT2D eigenvalue weighted by atomic mass is 19.1. The van der Waals surface area contributed by atoms with Crippen LogP contribution < -0.4 is 0 Å². The lowest BCUT2D eigenvalue weighted by Crippen LogP contribution is -2.44. The van der Waals surface area contributed by atoms with E-state index in [0.717, 1.165) is 0 Å². The summed E-state index contributed by atoms with van der Waals surface area (Å²) in [6.07, 6.45) is -0.0425. The molecule has 4 nitrogen and oxygen atoms in total. The highest BCUT2D eigenvalue weighted by Gasteiger charge is 2.36. The normalized spacial score (nSPS) is 19.4. The lowest BCUT2D eigenvalue weighted by molar-refractivity contribution is 0.0478. The van der Waals surface area contributed by atoms with Crippen molar-refractivity contribution in [3.8, 4) is 6.07 Å². The molecule has 0 radical (unpaired) electrons. The van der Waals surface area contributed by atoms with Gasteiger partial charge in [0.25, 0.3) is 0 Å². The minimum Gasteiger partial charge on any atom is -0.450 e. The van der Waals surface area contributed by atoms with Crippen molar-refractivity contribution in [3.63, 3.8) is 0 Å². The maximum Gasteiger partial charge on any atom is 0.409 e. The molecular formula is C10H15FN2O2. The third-order valence-electron chi connectivity index (χ3n) is 2.58. The third-order valence-corrected chi connectivity index (χ3v) is 2.58. The number of nitrogens with zero attached hydrogens (tertiary/aromatic N) is 2. The molecule has 1 aliphatic heterocycles. The van der Waals surface area contributed by atoms with E-state index < -0.39 is 11.8 Å². The van der Waals surface area contributed by atoms with Gasteiger partial charge in [0.1, 0.15) is 5.67 Å². The molecule has 1 heterocycles. The molecule has 0 aromatic carbocycles. The number of amides is 1. The molecule has 15 heavy (non-hydrogen) atoms. The van der Waals surface area contributed by atoms with Crippen molar-refractivity contribution in [2.24, 2.45) is 0 Å². The van der Waals surface area contributed by atoms with Crippen LogP contribution in [0.3, 0.4) is 0 Å². The first kappa shape index (κ1) is 11.8. The van der Waals surface area contributed by atoms with Crippen LogP contribution in [0.15, 0.2) is 0 Å². The number of piperidine rings is 1. The Kier molecular flexibility index (Phi) is 3.89. The van der Waals surface area contributed by atoms with Crippen LogP contribution >= 0.6 is 0 Å². The van der Waals surface area contributed by atoms with Crippen LogP contribution in [0.25, 0.3) is 0 Å². The highest BCUT2D eigenvalue weighted by Crippen LogP contribution is 2.29. The monoisotopic (exact) mass is 214 g/mol. The Morgan fingerprint density at radius 3 is 2.67 bits per heavy atom. The van der Waals surface area contributed by atoms with Crippen molar-refractivity contribution in [1.82, 2.24) is 4.90 Å². The third kappa shape index (κ3) is 3.08. The van der Waals surface area contributed by atoms with Crippen LogP contribution in [-0.4, -0.2) is 36.4 Å². The van der Waals surface area contributed by atoms with Crippen molar-refractivity contribution in [3.05, 3.63) is 0 Å². The summed E-state index contributed by atoms with van der Waals surface area (Å²) in [6, 6.07) is 1.84. The van der Waals surface area contributed by atoms with Gasteiger partial charge in [0.05, 0.1) is 19.1 Å². The summed E-state index contributed by atoms with van der Waals surface area (Å²) in [7, 11) is 0. The molecular weight excluding hydrogens is 199 g/mol. The van der Waals surface area contributed by atoms with Crippen molar-refractivity contribution in [2.75, 3.05) is 19.7 Å². The summed E-state index contributed by atoms with van der Waals surface area (Å²) in [5, 5.41) is 8.45. The largest absolute Gasteiger partial charge is 0.450 e. The second kappa shape index (κ2) is 4.96. The van der Waals surface area contributed by atoms with Gasteiger partial charge in [0.15, 0.2) is 0 Å². The van der Waals surface area contributed by atoms with E-state index in [1.807, 2.05) is 6.07 Å². The van der Waals surface area contributed by atoms with Crippen LogP contribution in [0.5, 0.6) is 0 Å². The molecule has 1 aliphatic rings.